The molecule has 1 amide bonds. The smallest absolute Gasteiger partial charge is 0.234 e. The van der Waals surface area contributed by atoms with Gasteiger partial charge in [-0.25, -0.2) is 4.39 Å². The van der Waals surface area contributed by atoms with Crippen LogP contribution < -0.4 is 0 Å². The Bertz CT molecular complexity index is 391. The molecule has 16 heavy (non-hydrogen) atoms. The molecule has 0 radical (unpaired) electrons. The van der Waals surface area contributed by atoms with Crippen LogP contribution in [0.3, 0.4) is 0 Å². The molecule has 1 aliphatic rings. The lowest BCUT2D eigenvalue weighted by molar-refractivity contribution is -0.129. The maximum absolute atomic E-state index is 12.8. The SMILES string of the molecule is CC(C)N1C(=O)CSC1c1ccc(F)cc1. The van der Waals surface area contributed by atoms with Gasteiger partial charge in [0.05, 0.1) is 5.75 Å². The maximum atomic E-state index is 12.8. The highest BCUT2D eigenvalue weighted by atomic mass is 32.2. The predicted molar refractivity (Wildman–Crippen MR) is 63.6 cm³/mol. The van der Waals surface area contributed by atoms with Crippen LogP contribution in [0.5, 0.6) is 0 Å². The number of hydrogen-bond acceptors (Lipinski definition) is 2. The van der Waals surface area contributed by atoms with Crippen LogP contribution in [0, 0.1) is 5.82 Å². The molecule has 1 saturated heterocycles. The molecular weight excluding hydrogens is 225 g/mol. The zero-order chi connectivity index (χ0) is 11.7. The Labute approximate surface area is 98.8 Å². The van der Waals surface area contributed by atoms with E-state index in [2.05, 4.69) is 0 Å². The van der Waals surface area contributed by atoms with Crippen molar-refractivity contribution in [2.45, 2.75) is 25.3 Å². The molecule has 2 nitrogen and oxygen atoms in total. The number of benzene rings is 1. The molecule has 0 N–H and O–H groups in total. The van der Waals surface area contributed by atoms with Crippen LogP contribution in [0.1, 0.15) is 24.8 Å². The molecular formula is C12H14FNOS. The van der Waals surface area contributed by atoms with Crippen molar-refractivity contribution in [2.24, 2.45) is 0 Å². The minimum Gasteiger partial charge on any atom is -0.323 e. The standard InChI is InChI=1S/C12H14FNOS/c1-8(2)14-11(15)7-16-12(14)9-3-5-10(13)6-4-9/h3-6,8,12H,7H2,1-2H3. The lowest BCUT2D eigenvalue weighted by Gasteiger charge is -2.27. The number of carbonyl (C=O) groups is 1. The summed E-state index contributed by atoms with van der Waals surface area (Å²) in [7, 11) is 0. The van der Waals surface area contributed by atoms with Crippen LogP contribution in [0.15, 0.2) is 24.3 Å². The van der Waals surface area contributed by atoms with E-state index in [0.29, 0.717) is 5.75 Å². The average Bonchev–Trinajstić information content (AvgIpc) is 2.61. The highest BCUT2D eigenvalue weighted by Gasteiger charge is 2.34. The van der Waals surface area contributed by atoms with Gasteiger partial charge in [0.1, 0.15) is 11.2 Å². The third-order valence-electron chi connectivity index (χ3n) is 2.62. The minimum absolute atomic E-state index is 0.0353. The number of thioether (sulfide) groups is 1. The van der Waals surface area contributed by atoms with E-state index >= 15 is 0 Å². The zero-order valence-corrected chi connectivity index (χ0v) is 10.1. The molecule has 1 fully saturated rings. The largest absolute Gasteiger partial charge is 0.323 e. The summed E-state index contributed by atoms with van der Waals surface area (Å²) in [6, 6.07) is 6.56. The van der Waals surface area contributed by atoms with Crippen molar-refractivity contribution in [3.05, 3.63) is 35.6 Å². The molecule has 1 aromatic rings. The second-order valence-corrected chi connectivity index (χ2v) is 5.18. The zero-order valence-electron chi connectivity index (χ0n) is 9.31. The molecule has 1 unspecified atom stereocenters. The third-order valence-corrected chi connectivity index (χ3v) is 3.85. The van der Waals surface area contributed by atoms with Crippen molar-refractivity contribution in [3.63, 3.8) is 0 Å². The van der Waals surface area contributed by atoms with Crippen LogP contribution in [0.4, 0.5) is 4.39 Å². The summed E-state index contributed by atoms with van der Waals surface area (Å²) in [6.45, 7) is 4.00. The van der Waals surface area contributed by atoms with Gasteiger partial charge in [-0.3, -0.25) is 4.79 Å². The van der Waals surface area contributed by atoms with Gasteiger partial charge in [-0.2, -0.15) is 0 Å². The molecule has 0 bridgehead atoms. The summed E-state index contributed by atoms with van der Waals surface area (Å²) >= 11 is 1.60. The fourth-order valence-corrected chi connectivity index (χ4v) is 3.20. The number of hydrogen-bond donors (Lipinski definition) is 0. The fourth-order valence-electron chi connectivity index (χ4n) is 1.88. The molecule has 0 aliphatic carbocycles. The molecule has 1 atom stereocenters. The van der Waals surface area contributed by atoms with Crippen molar-refractivity contribution in [2.75, 3.05) is 5.75 Å². The quantitative estimate of drug-likeness (QED) is 0.791. The van der Waals surface area contributed by atoms with E-state index in [1.807, 2.05) is 18.7 Å². The first kappa shape index (κ1) is 11.5. The lowest BCUT2D eigenvalue weighted by Crippen LogP contribution is -2.34. The van der Waals surface area contributed by atoms with Gasteiger partial charge >= 0.3 is 0 Å². The van der Waals surface area contributed by atoms with Crippen molar-refractivity contribution in [1.82, 2.24) is 4.90 Å². The fraction of sp³-hybridized carbons (Fsp3) is 0.417. The lowest BCUT2D eigenvalue weighted by atomic mass is 10.2. The first-order valence-corrected chi connectivity index (χ1v) is 6.32. The monoisotopic (exact) mass is 239 g/mol. The highest BCUT2D eigenvalue weighted by Crippen LogP contribution is 2.39. The number of carbonyl (C=O) groups excluding carboxylic acids is 1. The van der Waals surface area contributed by atoms with Gasteiger partial charge in [0.25, 0.3) is 0 Å². The number of amides is 1. The summed E-state index contributed by atoms with van der Waals surface area (Å²) in [5.74, 6) is 0.434. The molecule has 0 spiro atoms. The Hall–Kier alpha value is -1.03. The van der Waals surface area contributed by atoms with E-state index in [1.165, 1.54) is 12.1 Å². The van der Waals surface area contributed by atoms with Gasteiger partial charge in [-0.15, -0.1) is 11.8 Å². The maximum Gasteiger partial charge on any atom is 0.234 e. The molecule has 1 aromatic carbocycles. The molecule has 0 aromatic heterocycles. The van der Waals surface area contributed by atoms with Crippen molar-refractivity contribution < 1.29 is 9.18 Å². The van der Waals surface area contributed by atoms with Crippen molar-refractivity contribution >= 4 is 17.7 Å². The van der Waals surface area contributed by atoms with Crippen LogP contribution in [-0.2, 0) is 4.79 Å². The van der Waals surface area contributed by atoms with E-state index in [4.69, 9.17) is 0 Å². The van der Waals surface area contributed by atoms with Gasteiger partial charge in [-0.1, -0.05) is 12.1 Å². The number of nitrogens with zero attached hydrogens (tertiary/aromatic N) is 1. The Morgan fingerprint density at radius 1 is 1.38 bits per heavy atom. The number of halogens is 1. The second kappa shape index (κ2) is 4.45. The molecule has 1 aliphatic heterocycles. The Balaban J connectivity index is 2.26. The predicted octanol–water partition coefficient (Wildman–Crippen LogP) is 2.81. The third kappa shape index (κ3) is 2.07. The van der Waals surface area contributed by atoms with Gasteiger partial charge < -0.3 is 4.90 Å². The molecule has 2 rings (SSSR count). The van der Waals surface area contributed by atoms with Crippen LogP contribution >= 0.6 is 11.8 Å². The van der Waals surface area contributed by atoms with Crippen LogP contribution in [0.2, 0.25) is 0 Å². The number of rotatable bonds is 2. The first-order valence-electron chi connectivity index (χ1n) is 5.28. The van der Waals surface area contributed by atoms with E-state index < -0.39 is 0 Å². The van der Waals surface area contributed by atoms with Crippen molar-refractivity contribution in [3.8, 4) is 0 Å². The van der Waals surface area contributed by atoms with E-state index in [-0.39, 0.29) is 23.1 Å². The summed E-state index contributed by atoms with van der Waals surface area (Å²) in [5.41, 5.74) is 0.992. The van der Waals surface area contributed by atoms with Gasteiger partial charge in [0, 0.05) is 6.04 Å². The van der Waals surface area contributed by atoms with Gasteiger partial charge in [0.15, 0.2) is 0 Å². The van der Waals surface area contributed by atoms with E-state index in [0.717, 1.165) is 5.56 Å². The van der Waals surface area contributed by atoms with Crippen LogP contribution in [0.25, 0.3) is 0 Å². The highest BCUT2D eigenvalue weighted by molar-refractivity contribution is 8.00. The molecule has 4 heteroatoms. The second-order valence-electron chi connectivity index (χ2n) is 4.11. The summed E-state index contributed by atoms with van der Waals surface area (Å²) in [5, 5.41) is 0.0353. The van der Waals surface area contributed by atoms with E-state index in [1.54, 1.807) is 23.9 Å². The summed E-state index contributed by atoms with van der Waals surface area (Å²) in [4.78, 5) is 13.6. The Morgan fingerprint density at radius 3 is 2.56 bits per heavy atom. The first-order chi connectivity index (χ1) is 7.59. The van der Waals surface area contributed by atoms with Gasteiger partial charge in [-0.05, 0) is 31.5 Å². The topological polar surface area (TPSA) is 20.3 Å². The molecule has 0 saturated carbocycles. The van der Waals surface area contributed by atoms with E-state index in [9.17, 15) is 9.18 Å². The average molecular weight is 239 g/mol. The molecule has 1 heterocycles. The van der Waals surface area contributed by atoms with Crippen molar-refractivity contribution in [1.29, 1.82) is 0 Å². The Morgan fingerprint density at radius 2 is 2.00 bits per heavy atom. The normalized spacial score (nSPS) is 20.9. The summed E-state index contributed by atoms with van der Waals surface area (Å²) in [6.07, 6.45) is 0. The minimum atomic E-state index is -0.242. The summed E-state index contributed by atoms with van der Waals surface area (Å²) < 4.78 is 12.8. The Kier molecular flexibility index (Phi) is 3.19. The van der Waals surface area contributed by atoms with Gasteiger partial charge in [0.2, 0.25) is 5.91 Å². The van der Waals surface area contributed by atoms with Crippen LogP contribution in [-0.4, -0.2) is 22.6 Å². The molecule has 86 valence electrons.